The highest BCUT2D eigenvalue weighted by molar-refractivity contribution is 6.26. The minimum atomic E-state index is -1.34. The van der Waals surface area contributed by atoms with E-state index in [0.717, 1.165) is 10.9 Å². The number of anilines is 1. The molecule has 1 aliphatic heterocycles. The van der Waals surface area contributed by atoms with Crippen LogP contribution in [0.15, 0.2) is 42.4 Å². The third kappa shape index (κ3) is 2.42. The van der Waals surface area contributed by atoms with Crippen molar-refractivity contribution in [3.63, 3.8) is 0 Å². The van der Waals surface area contributed by atoms with E-state index < -0.39 is 40.1 Å². The minimum Gasteiger partial charge on any atom is -0.462 e. The Hall–Kier alpha value is -3.82. The van der Waals surface area contributed by atoms with Gasteiger partial charge in [-0.05, 0) is 6.92 Å². The molecule has 0 saturated carbocycles. The highest BCUT2D eigenvalue weighted by Crippen LogP contribution is 2.41. The third-order valence-corrected chi connectivity index (χ3v) is 4.76. The van der Waals surface area contributed by atoms with Gasteiger partial charge in [-0.15, -0.1) is 0 Å². The molecule has 1 N–H and O–H groups in total. The summed E-state index contributed by atoms with van der Waals surface area (Å²) in [7, 11) is 0. The Labute approximate surface area is 157 Å². The van der Waals surface area contributed by atoms with Crippen LogP contribution in [0.3, 0.4) is 0 Å². The predicted molar refractivity (Wildman–Crippen MR) is 94.5 cm³/mol. The first kappa shape index (κ1) is 17.6. The number of rotatable bonds is 4. The second-order valence-electron chi connectivity index (χ2n) is 6.24. The minimum absolute atomic E-state index is 0.0564. The molecule has 0 amide bonds. The Morgan fingerprint density at radius 3 is 2.50 bits per heavy atom. The summed E-state index contributed by atoms with van der Waals surface area (Å²) >= 11 is 0. The first-order chi connectivity index (χ1) is 13.5. The lowest BCUT2D eigenvalue weighted by molar-refractivity contribution is -0.433. The average Bonchev–Trinajstić information content (AvgIpc) is 3.22. The number of hydrogen-bond acceptors (Lipinski definition) is 8. The van der Waals surface area contributed by atoms with Gasteiger partial charge in [-0.3, -0.25) is 19.7 Å². The number of carbonyl (C=O) groups excluding carboxylic acids is 3. The van der Waals surface area contributed by atoms with Gasteiger partial charge in [0.1, 0.15) is 17.3 Å². The number of ether oxygens (including phenoxy) is 1. The van der Waals surface area contributed by atoms with E-state index >= 15 is 0 Å². The van der Waals surface area contributed by atoms with Gasteiger partial charge in [-0.25, -0.2) is 9.48 Å². The molecule has 0 spiro atoms. The fraction of sp³-hybridized carbons (Fsp3) is 0.222. The van der Waals surface area contributed by atoms with Gasteiger partial charge >= 0.3 is 5.97 Å². The number of nitrogens with zero attached hydrogens (tertiary/aromatic N) is 3. The van der Waals surface area contributed by atoms with E-state index in [1.54, 1.807) is 19.1 Å². The van der Waals surface area contributed by atoms with E-state index in [-0.39, 0.29) is 29.1 Å². The highest BCUT2D eigenvalue weighted by atomic mass is 16.6. The van der Waals surface area contributed by atoms with Gasteiger partial charge in [0.2, 0.25) is 0 Å². The average molecular weight is 382 g/mol. The summed E-state index contributed by atoms with van der Waals surface area (Å²) in [5, 5.41) is 18.3. The molecule has 2 aliphatic rings. The van der Waals surface area contributed by atoms with E-state index in [9.17, 15) is 24.5 Å². The molecule has 2 aromatic rings. The van der Waals surface area contributed by atoms with Gasteiger partial charge in [0.05, 0.1) is 23.9 Å². The topological polar surface area (TPSA) is 133 Å². The number of Topliss-reactive ketones (excluding diaryl/α,β-unsaturated/α-hetero) is 2. The first-order valence-corrected chi connectivity index (χ1v) is 8.48. The molecular formula is C18H14N4O6. The number of allylic oxidation sites excluding steroid dienone is 1. The van der Waals surface area contributed by atoms with Crippen LogP contribution in [0.2, 0.25) is 0 Å². The van der Waals surface area contributed by atoms with E-state index in [1.807, 2.05) is 0 Å². The molecule has 142 valence electrons. The fourth-order valence-corrected chi connectivity index (χ4v) is 3.55. The van der Waals surface area contributed by atoms with Crippen molar-refractivity contribution >= 4 is 23.4 Å². The summed E-state index contributed by atoms with van der Waals surface area (Å²) in [6, 6.07) is 4.98. The first-order valence-electron chi connectivity index (χ1n) is 8.48. The third-order valence-electron chi connectivity index (χ3n) is 4.76. The predicted octanol–water partition coefficient (Wildman–Crippen LogP) is 1.84. The van der Waals surface area contributed by atoms with Crippen molar-refractivity contribution in [3.8, 4) is 0 Å². The Morgan fingerprint density at radius 1 is 1.29 bits per heavy atom. The van der Waals surface area contributed by atoms with Gasteiger partial charge in [0.25, 0.3) is 5.70 Å². The number of ketones is 2. The van der Waals surface area contributed by atoms with Crippen LogP contribution in [0.5, 0.6) is 0 Å². The van der Waals surface area contributed by atoms with E-state index in [1.165, 1.54) is 18.3 Å². The maximum Gasteiger partial charge on any atom is 0.343 e. The SMILES string of the molecule is CCOC(=O)c1cnn2c1NC=C([N+](=O)[O-])C2C1C(=O)c2ccccc2C1=O. The van der Waals surface area contributed by atoms with E-state index in [2.05, 4.69) is 10.4 Å². The normalized spacial score (nSPS) is 18.2. The van der Waals surface area contributed by atoms with Gasteiger partial charge < -0.3 is 10.1 Å². The number of nitrogens with one attached hydrogen (secondary N) is 1. The zero-order valence-electron chi connectivity index (χ0n) is 14.6. The van der Waals surface area contributed by atoms with Crippen LogP contribution in [0.4, 0.5) is 5.82 Å². The summed E-state index contributed by atoms with van der Waals surface area (Å²) < 4.78 is 6.10. The molecular weight excluding hydrogens is 368 g/mol. The molecule has 4 rings (SSSR count). The molecule has 28 heavy (non-hydrogen) atoms. The number of fused-ring (bicyclic) bond motifs is 2. The van der Waals surface area contributed by atoms with Crippen LogP contribution < -0.4 is 5.32 Å². The van der Waals surface area contributed by atoms with Crippen LogP contribution in [0.1, 0.15) is 44.0 Å². The zero-order chi connectivity index (χ0) is 20.0. The van der Waals surface area contributed by atoms with Crippen molar-refractivity contribution in [2.24, 2.45) is 5.92 Å². The van der Waals surface area contributed by atoms with Crippen molar-refractivity contribution in [1.29, 1.82) is 0 Å². The fourth-order valence-electron chi connectivity index (χ4n) is 3.55. The van der Waals surface area contributed by atoms with E-state index in [0.29, 0.717) is 0 Å². The molecule has 1 aromatic heterocycles. The Morgan fingerprint density at radius 2 is 1.93 bits per heavy atom. The summed E-state index contributed by atoms with van der Waals surface area (Å²) in [5.74, 6) is -2.91. The highest BCUT2D eigenvalue weighted by Gasteiger charge is 2.51. The largest absolute Gasteiger partial charge is 0.462 e. The summed E-state index contributed by atoms with van der Waals surface area (Å²) in [5.41, 5.74) is 0.0996. The van der Waals surface area contributed by atoms with Gasteiger partial charge in [0, 0.05) is 11.1 Å². The van der Waals surface area contributed by atoms with Crippen LogP contribution in [0, 0.1) is 16.0 Å². The van der Waals surface area contributed by atoms with Crippen molar-refractivity contribution < 1.29 is 24.0 Å². The lowest BCUT2D eigenvalue weighted by Crippen LogP contribution is -2.35. The number of benzene rings is 1. The van der Waals surface area contributed by atoms with Crippen molar-refractivity contribution in [1.82, 2.24) is 9.78 Å². The molecule has 1 aliphatic carbocycles. The Balaban J connectivity index is 1.84. The molecule has 0 fully saturated rings. The van der Waals surface area contributed by atoms with Crippen molar-refractivity contribution in [2.45, 2.75) is 13.0 Å². The number of hydrogen-bond donors (Lipinski definition) is 1. The molecule has 0 radical (unpaired) electrons. The van der Waals surface area contributed by atoms with Crippen LogP contribution >= 0.6 is 0 Å². The monoisotopic (exact) mass is 382 g/mol. The molecule has 0 bridgehead atoms. The lowest BCUT2D eigenvalue weighted by Gasteiger charge is -2.25. The molecule has 10 heteroatoms. The Kier molecular flexibility index (Phi) is 4.03. The van der Waals surface area contributed by atoms with Crippen LogP contribution in [-0.2, 0) is 4.74 Å². The second-order valence-corrected chi connectivity index (χ2v) is 6.24. The maximum absolute atomic E-state index is 12.9. The number of aromatic nitrogens is 2. The quantitative estimate of drug-likeness (QED) is 0.366. The number of nitro groups is 1. The molecule has 10 nitrogen and oxygen atoms in total. The molecule has 0 saturated heterocycles. The lowest BCUT2D eigenvalue weighted by atomic mass is 9.91. The summed E-state index contributed by atoms with van der Waals surface area (Å²) in [4.78, 5) is 48.9. The van der Waals surface area contributed by atoms with Crippen LogP contribution in [0.25, 0.3) is 0 Å². The number of carbonyl (C=O) groups is 3. The molecule has 2 heterocycles. The smallest absolute Gasteiger partial charge is 0.343 e. The summed E-state index contributed by atoms with van der Waals surface area (Å²) in [6.07, 6.45) is 2.27. The second kappa shape index (κ2) is 6.41. The van der Waals surface area contributed by atoms with Crippen LogP contribution in [-0.4, -0.2) is 38.8 Å². The van der Waals surface area contributed by atoms with Gasteiger partial charge in [0.15, 0.2) is 17.6 Å². The standard InChI is InChI=1S/C18H14N4O6/c1-2-28-18(25)11-7-20-21-14(12(22(26)27)8-19-17(11)21)13-15(23)9-5-3-4-6-10(9)16(13)24/h3-8,13-14,19H,2H2,1H3. The molecule has 1 atom stereocenters. The molecule has 1 aromatic carbocycles. The number of esters is 1. The summed E-state index contributed by atoms with van der Waals surface area (Å²) in [6.45, 7) is 1.78. The maximum atomic E-state index is 12.9. The van der Waals surface area contributed by atoms with Gasteiger partial charge in [-0.2, -0.15) is 5.10 Å². The van der Waals surface area contributed by atoms with Crippen molar-refractivity contribution in [2.75, 3.05) is 11.9 Å². The zero-order valence-corrected chi connectivity index (χ0v) is 14.6. The van der Waals surface area contributed by atoms with Gasteiger partial charge in [-0.1, -0.05) is 24.3 Å². The Bertz CT molecular complexity index is 1030. The van der Waals surface area contributed by atoms with E-state index in [4.69, 9.17) is 4.74 Å². The van der Waals surface area contributed by atoms with Crippen molar-refractivity contribution in [3.05, 3.63) is 69.2 Å². The molecule has 1 unspecified atom stereocenters.